The second-order valence-electron chi connectivity index (χ2n) is 7.58. The zero-order valence-corrected chi connectivity index (χ0v) is 20.4. The Morgan fingerprint density at radius 1 is 1.03 bits per heavy atom. The number of benzene rings is 2. The lowest BCUT2D eigenvalue weighted by Gasteiger charge is -2.15. The van der Waals surface area contributed by atoms with Crippen molar-refractivity contribution >= 4 is 49.9 Å². The third-order valence-electron chi connectivity index (χ3n) is 5.23. The Morgan fingerprint density at radius 3 is 2.56 bits per heavy atom. The quantitative estimate of drug-likeness (QED) is 0.471. The van der Waals surface area contributed by atoms with E-state index in [4.69, 9.17) is 11.6 Å². The summed E-state index contributed by atoms with van der Waals surface area (Å²) >= 11 is 7.21. The lowest BCUT2D eigenvalue weighted by molar-refractivity contribution is 0.0953. The standard InChI is InChI=1S/C22H22ClN5O4S2/c23-18-9-2-1-8-17(18)21(30)24-11-10-19-26-27-22(33-19)25-20(29)15-6-5-7-16(14-15)34(31,32)28-12-3-4-13-28/h1-2,5-9,14H,3-4,10-13H2,(H,24,30)(H,25,27,29). The summed E-state index contributed by atoms with van der Waals surface area (Å²) in [6, 6.07) is 12.7. The van der Waals surface area contributed by atoms with Gasteiger partial charge in [-0.25, -0.2) is 8.42 Å². The molecule has 0 unspecified atom stereocenters. The molecule has 1 fully saturated rings. The van der Waals surface area contributed by atoms with Crippen molar-refractivity contribution in [2.75, 3.05) is 25.0 Å². The molecular weight excluding hydrogens is 498 g/mol. The topological polar surface area (TPSA) is 121 Å². The number of carbonyl (C=O) groups excluding carboxylic acids is 2. The average molecular weight is 520 g/mol. The Balaban J connectivity index is 1.34. The van der Waals surface area contributed by atoms with Crippen molar-refractivity contribution in [3.63, 3.8) is 0 Å². The minimum absolute atomic E-state index is 0.0919. The first kappa shape index (κ1) is 24.3. The van der Waals surface area contributed by atoms with Gasteiger partial charge in [0.2, 0.25) is 15.2 Å². The Kier molecular flexibility index (Phi) is 7.57. The lowest BCUT2D eigenvalue weighted by Crippen LogP contribution is -2.28. The van der Waals surface area contributed by atoms with Gasteiger partial charge in [-0.15, -0.1) is 10.2 Å². The van der Waals surface area contributed by atoms with Crippen molar-refractivity contribution in [2.45, 2.75) is 24.2 Å². The number of hydrogen-bond acceptors (Lipinski definition) is 7. The fourth-order valence-corrected chi connectivity index (χ4v) is 5.99. The summed E-state index contributed by atoms with van der Waals surface area (Å²) in [6.45, 7) is 1.30. The molecule has 2 heterocycles. The number of halogens is 1. The predicted octanol–water partition coefficient (Wildman–Crippen LogP) is 3.20. The first-order chi connectivity index (χ1) is 16.3. The summed E-state index contributed by atoms with van der Waals surface area (Å²) in [6.07, 6.45) is 2.10. The van der Waals surface area contributed by atoms with Crippen LogP contribution < -0.4 is 10.6 Å². The van der Waals surface area contributed by atoms with Crippen molar-refractivity contribution in [1.82, 2.24) is 19.8 Å². The van der Waals surface area contributed by atoms with Gasteiger partial charge in [0, 0.05) is 31.6 Å². The molecular formula is C22H22ClN5O4S2. The summed E-state index contributed by atoms with van der Waals surface area (Å²) in [4.78, 5) is 25.0. The number of amides is 2. The van der Waals surface area contributed by atoms with Gasteiger partial charge in [-0.05, 0) is 43.2 Å². The Morgan fingerprint density at radius 2 is 1.79 bits per heavy atom. The molecule has 2 N–H and O–H groups in total. The third-order valence-corrected chi connectivity index (χ3v) is 8.35. The molecule has 0 aliphatic carbocycles. The molecule has 12 heteroatoms. The zero-order chi connectivity index (χ0) is 24.1. The zero-order valence-electron chi connectivity index (χ0n) is 18.0. The summed E-state index contributed by atoms with van der Waals surface area (Å²) in [5.74, 6) is -0.763. The number of carbonyl (C=O) groups is 2. The van der Waals surface area contributed by atoms with E-state index in [1.165, 1.54) is 27.8 Å². The van der Waals surface area contributed by atoms with E-state index in [2.05, 4.69) is 20.8 Å². The second-order valence-corrected chi connectivity index (χ2v) is 11.0. The van der Waals surface area contributed by atoms with Crippen LogP contribution in [0.25, 0.3) is 0 Å². The lowest BCUT2D eigenvalue weighted by atomic mass is 10.2. The molecule has 1 aromatic heterocycles. The molecule has 1 aliphatic rings. The van der Waals surface area contributed by atoms with E-state index < -0.39 is 15.9 Å². The summed E-state index contributed by atoms with van der Waals surface area (Å²) in [7, 11) is -3.62. The van der Waals surface area contributed by atoms with E-state index in [1.807, 2.05) is 0 Å². The molecule has 4 rings (SSSR count). The molecule has 2 amide bonds. The van der Waals surface area contributed by atoms with Gasteiger partial charge in [-0.1, -0.05) is 41.1 Å². The highest BCUT2D eigenvalue weighted by atomic mass is 35.5. The maximum Gasteiger partial charge on any atom is 0.257 e. The van der Waals surface area contributed by atoms with Gasteiger partial charge in [0.25, 0.3) is 11.8 Å². The molecule has 34 heavy (non-hydrogen) atoms. The van der Waals surface area contributed by atoms with Crippen LogP contribution in [0.1, 0.15) is 38.6 Å². The van der Waals surface area contributed by atoms with Crippen LogP contribution in [0.5, 0.6) is 0 Å². The van der Waals surface area contributed by atoms with Crippen LogP contribution in [0.4, 0.5) is 5.13 Å². The Hall–Kier alpha value is -2.86. The number of hydrogen-bond donors (Lipinski definition) is 2. The molecule has 0 bridgehead atoms. The Labute approximate surface area is 206 Å². The van der Waals surface area contributed by atoms with Crippen molar-refractivity contribution in [1.29, 1.82) is 0 Å². The van der Waals surface area contributed by atoms with Crippen molar-refractivity contribution in [3.8, 4) is 0 Å². The normalized spacial score (nSPS) is 14.1. The van der Waals surface area contributed by atoms with Crippen LogP contribution in [0.3, 0.4) is 0 Å². The number of nitrogens with one attached hydrogen (secondary N) is 2. The van der Waals surface area contributed by atoms with Crippen molar-refractivity contribution in [3.05, 3.63) is 69.7 Å². The van der Waals surface area contributed by atoms with Crippen LogP contribution in [0.2, 0.25) is 5.02 Å². The SMILES string of the molecule is O=C(Nc1nnc(CCNC(=O)c2ccccc2Cl)s1)c1cccc(S(=O)(=O)N2CCCC2)c1. The van der Waals surface area contributed by atoms with Crippen LogP contribution in [0, 0.1) is 0 Å². The molecule has 9 nitrogen and oxygen atoms in total. The van der Waals surface area contributed by atoms with Gasteiger partial charge in [0.05, 0.1) is 15.5 Å². The van der Waals surface area contributed by atoms with Crippen LogP contribution in [-0.2, 0) is 16.4 Å². The highest BCUT2D eigenvalue weighted by Gasteiger charge is 2.27. The van der Waals surface area contributed by atoms with E-state index in [9.17, 15) is 18.0 Å². The monoisotopic (exact) mass is 519 g/mol. The molecule has 0 saturated carbocycles. The summed E-state index contributed by atoms with van der Waals surface area (Å²) in [5, 5.41) is 14.7. The summed E-state index contributed by atoms with van der Waals surface area (Å²) < 4.78 is 27.0. The van der Waals surface area contributed by atoms with Gasteiger partial charge < -0.3 is 5.32 Å². The third kappa shape index (κ3) is 5.61. The largest absolute Gasteiger partial charge is 0.352 e. The Bertz CT molecular complexity index is 1310. The van der Waals surface area contributed by atoms with Gasteiger partial charge in [-0.2, -0.15) is 4.31 Å². The van der Waals surface area contributed by atoms with Gasteiger partial charge >= 0.3 is 0 Å². The minimum atomic E-state index is -3.62. The number of anilines is 1. The van der Waals surface area contributed by atoms with Gasteiger partial charge in [0.15, 0.2) is 0 Å². The van der Waals surface area contributed by atoms with E-state index in [1.54, 1.807) is 36.4 Å². The maximum absolute atomic E-state index is 12.8. The molecule has 3 aromatic rings. The fraction of sp³-hybridized carbons (Fsp3) is 0.273. The first-order valence-corrected chi connectivity index (χ1v) is 13.2. The van der Waals surface area contributed by atoms with Crippen LogP contribution >= 0.6 is 22.9 Å². The fourth-order valence-electron chi connectivity index (χ4n) is 3.47. The average Bonchev–Trinajstić information content (AvgIpc) is 3.52. The second kappa shape index (κ2) is 10.6. The van der Waals surface area contributed by atoms with E-state index in [0.717, 1.165) is 12.8 Å². The van der Waals surface area contributed by atoms with Crippen LogP contribution in [-0.4, -0.2) is 54.4 Å². The smallest absolute Gasteiger partial charge is 0.257 e. The van der Waals surface area contributed by atoms with E-state index in [-0.39, 0.29) is 21.5 Å². The first-order valence-electron chi connectivity index (χ1n) is 10.6. The molecule has 178 valence electrons. The number of nitrogens with zero attached hydrogens (tertiary/aromatic N) is 3. The molecule has 1 saturated heterocycles. The minimum Gasteiger partial charge on any atom is -0.352 e. The predicted molar refractivity (Wildman–Crippen MR) is 130 cm³/mol. The van der Waals surface area contributed by atoms with Gasteiger partial charge in [0.1, 0.15) is 5.01 Å². The molecule has 0 spiro atoms. The van der Waals surface area contributed by atoms with Gasteiger partial charge in [-0.3, -0.25) is 14.9 Å². The molecule has 2 aromatic carbocycles. The van der Waals surface area contributed by atoms with E-state index in [0.29, 0.717) is 41.6 Å². The number of aromatic nitrogens is 2. The molecule has 1 aliphatic heterocycles. The van der Waals surface area contributed by atoms with Crippen LogP contribution in [0.15, 0.2) is 53.4 Å². The van der Waals surface area contributed by atoms with E-state index >= 15 is 0 Å². The highest BCUT2D eigenvalue weighted by molar-refractivity contribution is 7.89. The maximum atomic E-state index is 12.8. The summed E-state index contributed by atoms with van der Waals surface area (Å²) in [5.41, 5.74) is 0.604. The van der Waals surface area contributed by atoms with Crippen molar-refractivity contribution < 1.29 is 18.0 Å². The molecule has 0 radical (unpaired) electrons. The highest BCUT2D eigenvalue weighted by Crippen LogP contribution is 2.23. The number of rotatable bonds is 8. The van der Waals surface area contributed by atoms with Crippen molar-refractivity contribution in [2.24, 2.45) is 0 Å². The number of sulfonamides is 1. The molecule has 0 atom stereocenters.